The van der Waals surface area contributed by atoms with E-state index in [0.29, 0.717) is 4.31 Å². The minimum atomic E-state index is -4.81. The Morgan fingerprint density at radius 2 is 2.18 bits per heavy atom. The summed E-state index contributed by atoms with van der Waals surface area (Å²) in [5, 5.41) is 8.29. The molecule has 0 amide bonds. The maximum atomic E-state index is 12.1. The van der Waals surface area contributed by atoms with Crippen LogP contribution in [-0.4, -0.2) is 36.4 Å². The molecular formula is C4H6FNO4S. The van der Waals surface area contributed by atoms with Crippen molar-refractivity contribution in [2.75, 3.05) is 6.54 Å². The van der Waals surface area contributed by atoms with Gasteiger partial charge < -0.3 is 5.11 Å². The van der Waals surface area contributed by atoms with Gasteiger partial charge in [-0.05, 0) is 6.42 Å². The van der Waals surface area contributed by atoms with Crippen LogP contribution in [0.25, 0.3) is 0 Å². The molecule has 1 saturated heterocycles. The highest BCUT2D eigenvalue weighted by Gasteiger charge is 2.42. The lowest BCUT2D eigenvalue weighted by atomic mass is 10.1. The number of carbonyl (C=O) groups is 1. The van der Waals surface area contributed by atoms with Crippen molar-refractivity contribution in [1.82, 2.24) is 4.31 Å². The van der Waals surface area contributed by atoms with Crippen LogP contribution in [-0.2, 0) is 15.2 Å². The van der Waals surface area contributed by atoms with Gasteiger partial charge in [-0.15, -0.1) is 0 Å². The monoisotopic (exact) mass is 183 g/mol. The Labute approximate surface area is 62.8 Å². The number of carboxylic acid groups (broad SMARTS) is 1. The summed E-state index contributed by atoms with van der Waals surface area (Å²) in [6.07, 6.45) is 0.179. The fourth-order valence-corrected chi connectivity index (χ4v) is 1.69. The summed E-state index contributed by atoms with van der Waals surface area (Å²) in [7, 11) is -4.81. The molecule has 0 saturated carbocycles. The number of carboxylic acids is 1. The molecule has 1 fully saturated rings. The number of rotatable bonds is 2. The summed E-state index contributed by atoms with van der Waals surface area (Å²) in [6, 6.07) is -1.20. The molecule has 0 aromatic carbocycles. The third kappa shape index (κ3) is 1.48. The van der Waals surface area contributed by atoms with Crippen molar-refractivity contribution >= 4 is 16.4 Å². The van der Waals surface area contributed by atoms with E-state index in [0.717, 1.165) is 0 Å². The highest BCUT2D eigenvalue weighted by molar-refractivity contribution is 7.84. The van der Waals surface area contributed by atoms with Gasteiger partial charge in [0, 0.05) is 6.54 Å². The van der Waals surface area contributed by atoms with E-state index in [2.05, 4.69) is 0 Å². The molecule has 11 heavy (non-hydrogen) atoms. The minimum absolute atomic E-state index is 0.0458. The zero-order chi connectivity index (χ0) is 8.65. The molecule has 0 bridgehead atoms. The quantitative estimate of drug-likeness (QED) is 0.578. The summed E-state index contributed by atoms with van der Waals surface area (Å²) in [5.74, 6) is -1.31. The normalized spacial score (nSPS) is 26.1. The molecule has 1 heterocycles. The summed E-state index contributed by atoms with van der Waals surface area (Å²) < 4.78 is 32.6. The maximum Gasteiger partial charge on any atom is 0.375 e. The van der Waals surface area contributed by atoms with Crippen LogP contribution in [0.3, 0.4) is 0 Å². The first-order chi connectivity index (χ1) is 4.93. The first-order valence-corrected chi connectivity index (χ1v) is 4.21. The molecule has 1 N–H and O–H groups in total. The average molecular weight is 183 g/mol. The van der Waals surface area contributed by atoms with E-state index in [4.69, 9.17) is 5.11 Å². The van der Waals surface area contributed by atoms with Gasteiger partial charge in [-0.2, -0.15) is 12.7 Å². The Kier molecular flexibility index (Phi) is 1.85. The summed E-state index contributed by atoms with van der Waals surface area (Å²) >= 11 is 0. The van der Waals surface area contributed by atoms with Crippen LogP contribution in [0.4, 0.5) is 3.89 Å². The number of nitrogens with zero attached hydrogens (tertiary/aromatic N) is 1. The zero-order valence-corrected chi connectivity index (χ0v) is 6.21. The van der Waals surface area contributed by atoms with Crippen LogP contribution in [0.1, 0.15) is 6.42 Å². The third-order valence-electron chi connectivity index (χ3n) is 1.54. The molecule has 0 radical (unpaired) electrons. The zero-order valence-electron chi connectivity index (χ0n) is 5.40. The molecule has 1 rings (SSSR count). The smallest absolute Gasteiger partial charge is 0.375 e. The van der Waals surface area contributed by atoms with Crippen molar-refractivity contribution in [2.24, 2.45) is 0 Å². The van der Waals surface area contributed by atoms with Crippen molar-refractivity contribution in [3.05, 3.63) is 0 Å². The Bertz CT molecular complexity index is 274. The maximum absolute atomic E-state index is 12.1. The second-order valence-electron chi connectivity index (χ2n) is 2.20. The molecule has 0 aromatic heterocycles. The van der Waals surface area contributed by atoms with Crippen LogP contribution in [0.15, 0.2) is 0 Å². The largest absolute Gasteiger partial charge is 0.480 e. The van der Waals surface area contributed by atoms with Crippen LogP contribution in [0, 0.1) is 0 Å². The molecule has 1 atom stereocenters. The van der Waals surface area contributed by atoms with Gasteiger partial charge in [0.15, 0.2) is 0 Å². The lowest BCUT2D eigenvalue weighted by molar-refractivity contribution is -0.144. The molecule has 1 aliphatic heterocycles. The van der Waals surface area contributed by atoms with E-state index in [1.165, 1.54) is 0 Å². The van der Waals surface area contributed by atoms with Crippen molar-refractivity contribution in [2.45, 2.75) is 12.5 Å². The molecule has 5 nitrogen and oxygen atoms in total. The highest BCUT2D eigenvalue weighted by atomic mass is 32.3. The van der Waals surface area contributed by atoms with E-state index in [9.17, 15) is 17.1 Å². The van der Waals surface area contributed by atoms with E-state index >= 15 is 0 Å². The number of hydrogen-bond acceptors (Lipinski definition) is 3. The number of aliphatic carboxylic acids is 1. The van der Waals surface area contributed by atoms with E-state index < -0.39 is 22.4 Å². The first kappa shape index (κ1) is 8.41. The molecule has 64 valence electrons. The Morgan fingerprint density at radius 1 is 1.64 bits per heavy atom. The van der Waals surface area contributed by atoms with Gasteiger partial charge in [-0.1, -0.05) is 3.89 Å². The van der Waals surface area contributed by atoms with Crippen molar-refractivity contribution in [3.8, 4) is 0 Å². The fraction of sp³-hybridized carbons (Fsp3) is 0.750. The van der Waals surface area contributed by atoms with E-state index in [1.54, 1.807) is 0 Å². The fourth-order valence-electron chi connectivity index (χ4n) is 0.871. The predicted molar refractivity (Wildman–Crippen MR) is 32.8 cm³/mol. The minimum Gasteiger partial charge on any atom is -0.480 e. The molecular weight excluding hydrogens is 177 g/mol. The molecule has 0 spiro atoms. The lowest BCUT2D eigenvalue weighted by Crippen LogP contribution is -2.53. The SMILES string of the molecule is O=C(O)[C@H]1CCN1S(=O)(=O)F. The van der Waals surface area contributed by atoms with Gasteiger partial charge in [-0.3, -0.25) is 4.79 Å². The summed E-state index contributed by atoms with van der Waals surface area (Å²) in [4.78, 5) is 10.2. The van der Waals surface area contributed by atoms with Gasteiger partial charge in [0.25, 0.3) is 0 Å². The molecule has 1 aliphatic rings. The summed E-state index contributed by atoms with van der Waals surface area (Å²) in [5.41, 5.74) is 0. The van der Waals surface area contributed by atoms with Gasteiger partial charge in [0.05, 0.1) is 0 Å². The van der Waals surface area contributed by atoms with Crippen LogP contribution in [0.2, 0.25) is 0 Å². The van der Waals surface area contributed by atoms with Crippen molar-refractivity contribution in [3.63, 3.8) is 0 Å². The van der Waals surface area contributed by atoms with Crippen LogP contribution in [0.5, 0.6) is 0 Å². The average Bonchev–Trinajstić information content (AvgIpc) is 1.51. The second kappa shape index (κ2) is 2.42. The van der Waals surface area contributed by atoms with E-state index in [1.807, 2.05) is 0 Å². The Hall–Kier alpha value is -0.690. The van der Waals surface area contributed by atoms with Crippen LogP contribution < -0.4 is 0 Å². The summed E-state index contributed by atoms with van der Waals surface area (Å²) in [6.45, 7) is -0.0458. The van der Waals surface area contributed by atoms with Crippen molar-refractivity contribution < 1.29 is 22.2 Å². The number of hydrogen-bond donors (Lipinski definition) is 1. The molecule has 0 aromatic rings. The molecule has 7 heteroatoms. The molecule has 0 unspecified atom stereocenters. The second-order valence-corrected chi connectivity index (χ2v) is 3.49. The predicted octanol–water partition coefficient (Wildman–Crippen LogP) is -0.640. The van der Waals surface area contributed by atoms with Gasteiger partial charge in [0.2, 0.25) is 0 Å². The molecule has 0 aliphatic carbocycles. The third-order valence-corrected chi connectivity index (χ3v) is 2.53. The van der Waals surface area contributed by atoms with Crippen molar-refractivity contribution in [1.29, 1.82) is 0 Å². The van der Waals surface area contributed by atoms with Crippen LogP contribution >= 0.6 is 0 Å². The standard InChI is InChI=1S/C4H6FNO4S/c5-11(9,10)6-2-1-3(6)4(7)8/h3H,1-2H2,(H,7,8)/t3-/m1/s1. The Balaban J connectivity index is 2.72. The highest BCUT2D eigenvalue weighted by Crippen LogP contribution is 2.22. The topological polar surface area (TPSA) is 74.7 Å². The lowest BCUT2D eigenvalue weighted by Gasteiger charge is -2.32. The van der Waals surface area contributed by atoms with Gasteiger partial charge in [-0.25, -0.2) is 0 Å². The first-order valence-electron chi connectivity index (χ1n) is 2.87. The van der Waals surface area contributed by atoms with E-state index in [-0.39, 0.29) is 13.0 Å². The van der Waals surface area contributed by atoms with Gasteiger partial charge in [0.1, 0.15) is 6.04 Å². The Morgan fingerprint density at radius 3 is 2.27 bits per heavy atom. The number of halogens is 1. The van der Waals surface area contributed by atoms with Gasteiger partial charge >= 0.3 is 16.4 Å².